The van der Waals surface area contributed by atoms with E-state index in [1.807, 2.05) is 30.3 Å². The van der Waals surface area contributed by atoms with E-state index < -0.39 is 0 Å². The lowest BCUT2D eigenvalue weighted by molar-refractivity contribution is 0.0947. The second-order valence-corrected chi connectivity index (χ2v) is 4.36. The molecule has 0 saturated heterocycles. The summed E-state index contributed by atoms with van der Waals surface area (Å²) in [4.78, 5) is 11.8. The molecular weight excluding hydrogens is 262 g/mol. The first-order valence-electron chi connectivity index (χ1n) is 5.97. The number of hydrogen-bond acceptors (Lipinski definition) is 2. The van der Waals surface area contributed by atoms with Crippen LogP contribution in [0.3, 0.4) is 0 Å². The van der Waals surface area contributed by atoms with Gasteiger partial charge >= 0.3 is 0 Å². The summed E-state index contributed by atoms with van der Waals surface area (Å²) in [6.07, 6.45) is 0. The second kappa shape index (κ2) is 6.81. The van der Waals surface area contributed by atoms with Gasteiger partial charge in [0.15, 0.2) is 0 Å². The highest BCUT2D eigenvalue weighted by Crippen LogP contribution is 2.10. The smallest absolute Gasteiger partial charge is 0.251 e. The minimum atomic E-state index is -0.154. The minimum absolute atomic E-state index is 0.154. The Hall–Kier alpha value is -2.00. The third kappa shape index (κ3) is 4.30. The maximum Gasteiger partial charge on any atom is 0.251 e. The Kier molecular flexibility index (Phi) is 4.81. The van der Waals surface area contributed by atoms with Gasteiger partial charge in [-0.2, -0.15) is 0 Å². The fraction of sp³-hybridized carbons (Fsp3) is 0.133. The summed E-state index contributed by atoms with van der Waals surface area (Å²) in [5.41, 5.74) is 0.548. The van der Waals surface area contributed by atoms with Crippen molar-refractivity contribution in [3.63, 3.8) is 0 Å². The first-order valence-corrected chi connectivity index (χ1v) is 6.35. The monoisotopic (exact) mass is 275 g/mol. The van der Waals surface area contributed by atoms with Crippen molar-refractivity contribution < 1.29 is 9.53 Å². The predicted octanol–water partition coefficient (Wildman–Crippen LogP) is 3.15. The van der Waals surface area contributed by atoms with Crippen LogP contribution in [0.1, 0.15) is 10.4 Å². The van der Waals surface area contributed by atoms with Crippen molar-refractivity contribution in [2.24, 2.45) is 0 Å². The number of carbonyl (C=O) groups excluding carboxylic acids is 1. The number of benzene rings is 2. The van der Waals surface area contributed by atoms with Crippen LogP contribution in [0.2, 0.25) is 5.02 Å². The first-order chi connectivity index (χ1) is 9.25. The molecular formula is C15H14ClNO2. The van der Waals surface area contributed by atoms with E-state index in [9.17, 15) is 4.79 Å². The van der Waals surface area contributed by atoms with Gasteiger partial charge in [0.1, 0.15) is 12.4 Å². The van der Waals surface area contributed by atoms with Crippen molar-refractivity contribution in [1.82, 2.24) is 5.32 Å². The molecule has 0 aromatic heterocycles. The van der Waals surface area contributed by atoms with Gasteiger partial charge in [0, 0.05) is 10.6 Å². The van der Waals surface area contributed by atoms with Crippen molar-refractivity contribution in [2.45, 2.75) is 0 Å². The van der Waals surface area contributed by atoms with E-state index in [0.29, 0.717) is 23.7 Å². The summed E-state index contributed by atoms with van der Waals surface area (Å²) < 4.78 is 5.48. The molecule has 0 radical (unpaired) electrons. The van der Waals surface area contributed by atoms with E-state index >= 15 is 0 Å². The summed E-state index contributed by atoms with van der Waals surface area (Å²) in [5.74, 6) is 0.638. The zero-order valence-electron chi connectivity index (χ0n) is 10.3. The fourth-order valence-corrected chi connectivity index (χ4v) is 1.77. The van der Waals surface area contributed by atoms with Crippen LogP contribution in [-0.4, -0.2) is 19.1 Å². The SMILES string of the molecule is O=C(NCCOc1ccccc1)c1cccc(Cl)c1. The van der Waals surface area contributed by atoms with Crippen LogP contribution < -0.4 is 10.1 Å². The molecule has 1 amide bonds. The van der Waals surface area contributed by atoms with E-state index in [0.717, 1.165) is 5.75 Å². The standard InChI is InChI=1S/C15H14ClNO2/c16-13-6-4-5-12(11-13)15(18)17-9-10-19-14-7-2-1-3-8-14/h1-8,11H,9-10H2,(H,17,18). The van der Waals surface area contributed by atoms with Crippen LogP contribution in [0.25, 0.3) is 0 Å². The lowest BCUT2D eigenvalue weighted by Gasteiger charge is -2.07. The van der Waals surface area contributed by atoms with Gasteiger partial charge in [-0.1, -0.05) is 35.9 Å². The molecule has 19 heavy (non-hydrogen) atoms. The van der Waals surface area contributed by atoms with Crippen LogP contribution in [0, 0.1) is 0 Å². The third-order valence-electron chi connectivity index (χ3n) is 2.49. The van der Waals surface area contributed by atoms with E-state index in [-0.39, 0.29) is 5.91 Å². The highest BCUT2D eigenvalue weighted by molar-refractivity contribution is 6.30. The molecule has 0 heterocycles. The van der Waals surface area contributed by atoms with Gasteiger partial charge < -0.3 is 10.1 Å². The van der Waals surface area contributed by atoms with Crippen molar-refractivity contribution in [2.75, 3.05) is 13.2 Å². The normalized spacial score (nSPS) is 9.95. The summed E-state index contributed by atoms with van der Waals surface area (Å²) in [6.45, 7) is 0.872. The molecule has 98 valence electrons. The summed E-state index contributed by atoms with van der Waals surface area (Å²) >= 11 is 5.83. The van der Waals surface area contributed by atoms with E-state index in [4.69, 9.17) is 16.3 Å². The van der Waals surface area contributed by atoms with Crippen LogP contribution in [0.4, 0.5) is 0 Å². The minimum Gasteiger partial charge on any atom is -0.492 e. The van der Waals surface area contributed by atoms with E-state index in [2.05, 4.69) is 5.32 Å². The molecule has 2 aromatic rings. The van der Waals surface area contributed by atoms with E-state index in [1.165, 1.54) is 0 Å². The van der Waals surface area contributed by atoms with Crippen LogP contribution in [-0.2, 0) is 0 Å². The van der Waals surface area contributed by atoms with Crippen molar-refractivity contribution >= 4 is 17.5 Å². The van der Waals surface area contributed by atoms with Gasteiger partial charge in [0.2, 0.25) is 0 Å². The highest BCUT2D eigenvalue weighted by atomic mass is 35.5. The molecule has 0 unspecified atom stereocenters. The third-order valence-corrected chi connectivity index (χ3v) is 2.72. The highest BCUT2D eigenvalue weighted by Gasteiger charge is 2.04. The Labute approximate surface area is 117 Å². The molecule has 0 aliphatic heterocycles. The largest absolute Gasteiger partial charge is 0.492 e. The van der Waals surface area contributed by atoms with Gasteiger partial charge in [0.25, 0.3) is 5.91 Å². The summed E-state index contributed by atoms with van der Waals surface area (Å²) in [6, 6.07) is 16.3. The van der Waals surface area contributed by atoms with E-state index in [1.54, 1.807) is 24.3 Å². The number of hydrogen-bond donors (Lipinski definition) is 1. The molecule has 0 bridgehead atoms. The number of rotatable bonds is 5. The van der Waals surface area contributed by atoms with Crippen molar-refractivity contribution in [3.05, 3.63) is 65.2 Å². The maximum atomic E-state index is 11.8. The Morgan fingerprint density at radius 2 is 1.89 bits per heavy atom. The lowest BCUT2D eigenvalue weighted by atomic mass is 10.2. The molecule has 0 spiro atoms. The number of amides is 1. The molecule has 2 aromatic carbocycles. The summed E-state index contributed by atoms with van der Waals surface area (Å²) in [5, 5.41) is 3.32. The van der Waals surface area contributed by atoms with Crippen molar-refractivity contribution in [1.29, 1.82) is 0 Å². The average Bonchev–Trinajstić information content (AvgIpc) is 2.44. The number of para-hydroxylation sites is 1. The molecule has 3 nitrogen and oxygen atoms in total. The van der Waals surface area contributed by atoms with Gasteiger partial charge in [0.05, 0.1) is 6.54 Å². The molecule has 0 fully saturated rings. The zero-order chi connectivity index (χ0) is 13.5. The molecule has 4 heteroatoms. The van der Waals surface area contributed by atoms with Gasteiger partial charge in [-0.3, -0.25) is 4.79 Å². The average molecular weight is 276 g/mol. The molecule has 0 saturated carbocycles. The molecule has 0 aliphatic rings. The predicted molar refractivity (Wildman–Crippen MR) is 75.7 cm³/mol. The summed E-state index contributed by atoms with van der Waals surface area (Å²) in [7, 11) is 0. The quantitative estimate of drug-likeness (QED) is 0.852. The lowest BCUT2D eigenvalue weighted by Crippen LogP contribution is -2.28. The Balaban J connectivity index is 1.75. The molecule has 1 N–H and O–H groups in total. The number of ether oxygens (including phenoxy) is 1. The Morgan fingerprint density at radius 3 is 2.63 bits per heavy atom. The number of carbonyl (C=O) groups is 1. The molecule has 2 rings (SSSR count). The van der Waals surface area contributed by atoms with Crippen LogP contribution in [0.15, 0.2) is 54.6 Å². The van der Waals surface area contributed by atoms with Gasteiger partial charge in [-0.05, 0) is 30.3 Å². The number of nitrogens with one attached hydrogen (secondary N) is 1. The Morgan fingerprint density at radius 1 is 1.11 bits per heavy atom. The fourth-order valence-electron chi connectivity index (χ4n) is 1.58. The van der Waals surface area contributed by atoms with Crippen LogP contribution >= 0.6 is 11.6 Å². The zero-order valence-corrected chi connectivity index (χ0v) is 11.1. The van der Waals surface area contributed by atoms with Gasteiger partial charge in [-0.25, -0.2) is 0 Å². The van der Waals surface area contributed by atoms with Crippen molar-refractivity contribution in [3.8, 4) is 5.75 Å². The molecule has 0 atom stereocenters. The van der Waals surface area contributed by atoms with Gasteiger partial charge in [-0.15, -0.1) is 0 Å². The number of halogens is 1. The first kappa shape index (κ1) is 13.4. The Bertz CT molecular complexity index is 543. The van der Waals surface area contributed by atoms with Crippen LogP contribution in [0.5, 0.6) is 5.75 Å². The maximum absolute atomic E-state index is 11.8. The second-order valence-electron chi connectivity index (χ2n) is 3.93. The topological polar surface area (TPSA) is 38.3 Å². The molecule has 0 aliphatic carbocycles.